The third kappa shape index (κ3) is 8.41. The van der Waals surface area contributed by atoms with Crippen LogP contribution in [0.3, 0.4) is 0 Å². The summed E-state index contributed by atoms with van der Waals surface area (Å²) >= 11 is 0. The van der Waals surface area contributed by atoms with Crippen molar-refractivity contribution in [3.05, 3.63) is 48.6 Å². The lowest BCUT2D eigenvalue weighted by molar-refractivity contribution is -0.148. The van der Waals surface area contributed by atoms with Crippen LogP contribution in [-0.2, 0) is 19.0 Å². The van der Waals surface area contributed by atoms with Crippen molar-refractivity contribution in [1.29, 1.82) is 0 Å². The number of hydrogen-bond donors (Lipinski definition) is 2. The first-order valence-electron chi connectivity index (χ1n) is 13.9. The van der Waals surface area contributed by atoms with E-state index in [-0.39, 0.29) is 24.4 Å². The third-order valence-electron chi connectivity index (χ3n) is 7.88. The highest BCUT2D eigenvalue weighted by Gasteiger charge is 2.46. The predicted molar refractivity (Wildman–Crippen MR) is 139 cm³/mol. The maximum absolute atomic E-state index is 12.6. The number of hydrogen-bond acceptors (Lipinski definition) is 6. The zero-order valence-corrected chi connectivity index (χ0v) is 21.7. The average Bonchev–Trinajstić information content (AvgIpc) is 3.62. The van der Waals surface area contributed by atoms with E-state index in [1.165, 1.54) is 25.3 Å². The van der Waals surface area contributed by atoms with Gasteiger partial charge in [0.25, 0.3) is 0 Å². The van der Waals surface area contributed by atoms with Gasteiger partial charge < -0.3 is 24.4 Å². The number of epoxide rings is 1. The molecule has 6 nitrogen and oxygen atoms in total. The number of cyclic esters (lactones) is 1. The van der Waals surface area contributed by atoms with Crippen molar-refractivity contribution in [3.63, 3.8) is 0 Å². The first kappa shape index (κ1) is 27.3. The molecule has 4 rings (SSSR count). The fourth-order valence-electron chi connectivity index (χ4n) is 5.92. The van der Waals surface area contributed by atoms with E-state index >= 15 is 0 Å². The zero-order valence-electron chi connectivity index (χ0n) is 21.7. The van der Waals surface area contributed by atoms with E-state index in [0.717, 1.165) is 37.7 Å². The second-order valence-corrected chi connectivity index (χ2v) is 11.3. The first-order chi connectivity index (χ1) is 17.4. The number of ether oxygens (including phenoxy) is 3. The van der Waals surface area contributed by atoms with Crippen molar-refractivity contribution in [2.45, 2.75) is 120 Å². The number of esters is 1. The number of allylic oxidation sites excluding steroid dienone is 1. The van der Waals surface area contributed by atoms with Crippen LogP contribution in [0.4, 0.5) is 0 Å². The second kappa shape index (κ2) is 13.2. The summed E-state index contributed by atoms with van der Waals surface area (Å²) in [6.07, 6.45) is 18.5. The normalized spacial score (nSPS) is 39.0. The van der Waals surface area contributed by atoms with E-state index in [1.54, 1.807) is 12.2 Å². The molecule has 200 valence electrons. The number of carbonyl (C=O) groups is 1. The Hall–Kier alpha value is -1.73. The van der Waals surface area contributed by atoms with Crippen LogP contribution in [0.15, 0.2) is 48.6 Å². The van der Waals surface area contributed by atoms with E-state index in [9.17, 15) is 15.0 Å². The van der Waals surface area contributed by atoms with Gasteiger partial charge in [-0.3, -0.25) is 0 Å². The summed E-state index contributed by atoms with van der Waals surface area (Å²) in [6, 6.07) is 0. The molecule has 0 aromatic rings. The summed E-state index contributed by atoms with van der Waals surface area (Å²) in [4.78, 5) is 12.6. The molecule has 2 N–H and O–H groups in total. The number of rotatable bonds is 3. The van der Waals surface area contributed by atoms with Gasteiger partial charge in [0, 0.05) is 12.5 Å². The third-order valence-corrected chi connectivity index (χ3v) is 7.88. The van der Waals surface area contributed by atoms with Gasteiger partial charge in [0.1, 0.15) is 18.3 Å². The van der Waals surface area contributed by atoms with Gasteiger partial charge in [0.05, 0.1) is 24.4 Å². The van der Waals surface area contributed by atoms with E-state index in [2.05, 4.69) is 31.7 Å². The monoisotopic (exact) mass is 500 g/mol. The summed E-state index contributed by atoms with van der Waals surface area (Å²) in [5.41, 5.74) is 1.01. The van der Waals surface area contributed by atoms with Crippen molar-refractivity contribution in [3.8, 4) is 0 Å². The van der Waals surface area contributed by atoms with Crippen LogP contribution >= 0.6 is 0 Å². The van der Waals surface area contributed by atoms with Gasteiger partial charge in [0.15, 0.2) is 0 Å². The summed E-state index contributed by atoms with van der Waals surface area (Å²) in [5, 5.41) is 21.7. The van der Waals surface area contributed by atoms with E-state index in [0.29, 0.717) is 31.1 Å². The first-order valence-corrected chi connectivity index (χ1v) is 13.9. The SMILES string of the molecule is C=C1CC(C)CC2CC=CC(C/C=C\C(=O)OC(C(O)/C=C/C3CCCCC3)C[C@@H]3OC3[C@@H](O)C1)O2. The Morgan fingerprint density at radius 3 is 2.69 bits per heavy atom. The molecule has 3 aliphatic heterocycles. The molecule has 6 heteroatoms. The number of carbonyl (C=O) groups excluding carboxylic acids is 1. The van der Waals surface area contributed by atoms with Crippen LogP contribution in [0.25, 0.3) is 0 Å². The molecule has 1 aliphatic carbocycles. The molecule has 0 aromatic carbocycles. The summed E-state index contributed by atoms with van der Waals surface area (Å²) in [5.74, 6) is 0.385. The van der Waals surface area contributed by atoms with Gasteiger partial charge in [0.2, 0.25) is 0 Å². The van der Waals surface area contributed by atoms with Crippen LogP contribution in [0.5, 0.6) is 0 Å². The van der Waals surface area contributed by atoms with Gasteiger partial charge >= 0.3 is 5.97 Å². The van der Waals surface area contributed by atoms with Crippen molar-refractivity contribution >= 4 is 5.97 Å². The van der Waals surface area contributed by atoms with Crippen molar-refractivity contribution in [2.75, 3.05) is 0 Å². The van der Waals surface area contributed by atoms with Crippen LogP contribution < -0.4 is 0 Å². The van der Waals surface area contributed by atoms with Crippen LogP contribution in [-0.4, -0.2) is 58.9 Å². The maximum atomic E-state index is 12.6. The van der Waals surface area contributed by atoms with E-state index in [1.807, 2.05) is 0 Å². The molecule has 1 saturated heterocycles. The molecule has 4 aliphatic rings. The summed E-state index contributed by atoms with van der Waals surface area (Å²) < 4.78 is 17.7. The molecule has 0 spiro atoms. The summed E-state index contributed by atoms with van der Waals surface area (Å²) in [7, 11) is 0. The Morgan fingerprint density at radius 2 is 1.89 bits per heavy atom. The largest absolute Gasteiger partial charge is 0.456 e. The minimum absolute atomic E-state index is 0.0654. The smallest absolute Gasteiger partial charge is 0.330 e. The standard InChI is InChI=1S/C30H44O6/c1-20-16-21(2)18-26(32)30-28(36-30)19-27(25(31)15-14-22-8-4-3-5-9-22)35-29(33)13-7-11-23-10-6-12-24(17-20)34-23/h6-7,10,13-15,20,22-28,30-32H,2-5,8-9,11-12,16-19H2,1H3/b13-7-,15-14+/t20?,23?,24?,25?,26-,27?,28-,30?/m0/s1. The molecule has 6 unspecified atom stereocenters. The molecule has 1 saturated carbocycles. The van der Waals surface area contributed by atoms with Crippen molar-refractivity contribution < 1.29 is 29.2 Å². The van der Waals surface area contributed by atoms with Crippen molar-refractivity contribution in [2.24, 2.45) is 11.8 Å². The molecule has 36 heavy (non-hydrogen) atoms. The minimum atomic E-state index is -0.918. The number of fused-ring (bicyclic) bond motifs is 3. The van der Waals surface area contributed by atoms with Gasteiger partial charge in [-0.25, -0.2) is 4.79 Å². The molecule has 8 atom stereocenters. The average molecular weight is 501 g/mol. The molecule has 3 heterocycles. The topological polar surface area (TPSA) is 88.5 Å². The predicted octanol–water partition coefficient (Wildman–Crippen LogP) is 4.95. The Labute approximate surface area is 216 Å². The lowest BCUT2D eigenvalue weighted by Crippen LogP contribution is -2.32. The molecule has 2 fully saturated rings. The van der Waals surface area contributed by atoms with E-state index < -0.39 is 24.3 Å². The molecule has 0 radical (unpaired) electrons. The minimum Gasteiger partial charge on any atom is -0.456 e. The molecule has 0 aromatic heterocycles. The Balaban J connectivity index is 1.44. The lowest BCUT2D eigenvalue weighted by Gasteiger charge is -2.28. The fourth-order valence-corrected chi connectivity index (χ4v) is 5.92. The molecule has 2 bridgehead atoms. The Bertz CT molecular complexity index is 825. The number of aliphatic hydroxyl groups excluding tert-OH is 2. The van der Waals surface area contributed by atoms with E-state index in [4.69, 9.17) is 14.2 Å². The Morgan fingerprint density at radius 1 is 1.08 bits per heavy atom. The molecular formula is C30H44O6. The van der Waals surface area contributed by atoms with Crippen LogP contribution in [0.2, 0.25) is 0 Å². The highest BCUT2D eigenvalue weighted by Crippen LogP contribution is 2.35. The quantitative estimate of drug-likeness (QED) is 0.324. The van der Waals surface area contributed by atoms with Crippen LogP contribution in [0.1, 0.15) is 77.6 Å². The zero-order chi connectivity index (χ0) is 25.5. The van der Waals surface area contributed by atoms with Gasteiger partial charge in [-0.15, -0.1) is 0 Å². The molecular weight excluding hydrogens is 456 g/mol. The van der Waals surface area contributed by atoms with Gasteiger partial charge in [-0.2, -0.15) is 0 Å². The summed E-state index contributed by atoms with van der Waals surface area (Å²) in [6.45, 7) is 6.40. The highest BCUT2D eigenvalue weighted by molar-refractivity contribution is 5.82. The van der Waals surface area contributed by atoms with Crippen LogP contribution in [0, 0.1) is 11.8 Å². The van der Waals surface area contributed by atoms with Crippen molar-refractivity contribution in [1.82, 2.24) is 0 Å². The second-order valence-electron chi connectivity index (χ2n) is 11.3. The lowest BCUT2D eigenvalue weighted by atomic mass is 9.88. The fraction of sp³-hybridized carbons (Fsp3) is 0.700. The Kier molecular flexibility index (Phi) is 10.00. The number of aliphatic hydroxyl groups is 2. The van der Waals surface area contributed by atoms with Gasteiger partial charge in [-0.05, 0) is 56.8 Å². The highest BCUT2D eigenvalue weighted by atomic mass is 16.6. The van der Waals surface area contributed by atoms with Gasteiger partial charge in [-0.1, -0.05) is 68.7 Å². The maximum Gasteiger partial charge on any atom is 0.330 e. The molecule has 0 amide bonds.